The zero-order valence-electron chi connectivity index (χ0n) is 11.9. The predicted octanol–water partition coefficient (Wildman–Crippen LogP) is 0.841. The van der Waals surface area contributed by atoms with Gasteiger partial charge in [-0.1, -0.05) is 6.42 Å². The van der Waals surface area contributed by atoms with Crippen LogP contribution < -0.4 is 10.7 Å². The average molecular weight is 277 g/mol. The number of aryl methyl sites for hydroxylation is 1. The molecule has 1 aromatic heterocycles. The highest BCUT2D eigenvalue weighted by Crippen LogP contribution is 2.05. The monoisotopic (exact) mass is 277 g/mol. The first kappa shape index (κ1) is 14.8. The largest absolute Gasteiger partial charge is 0.354 e. The molecule has 2 heterocycles. The van der Waals surface area contributed by atoms with Gasteiger partial charge >= 0.3 is 0 Å². The van der Waals surface area contributed by atoms with Crippen molar-refractivity contribution < 1.29 is 4.79 Å². The molecule has 5 nitrogen and oxygen atoms in total. The molecule has 1 aliphatic heterocycles. The number of unbranched alkanes of at least 4 members (excludes halogenated alkanes) is 2. The lowest BCUT2D eigenvalue weighted by atomic mass is 10.1. The van der Waals surface area contributed by atoms with Crippen molar-refractivity contribution in [3.05, 3.63) is 34.7 Å². The highest BCUT2D eigenvalue weighted by Gasteiger charge is 2.14. The number of hydrogen-bond acceptors (Lipinski definition) is 3. The summed E-state index contributed by atoms with van der Waals surface area (Å²) in [4.78, 5) is 24.8. The highest BCUT2D eigenvalue weighted by molar-refractivity contribution is 5.76. The van der Waals surface area contributed by atoms with Gasteiger partial charge in [-0.2, -0.15) is 0 Å². The summed E-state index contributed by atoms with van der Waals surface area (Å²) in [7, 11) is 0. The zero-order chi connectivity index (χ0) is 14.2. The number of rotatable bonds is 6. The summed E-state index contributed by atoms with van der Waals surface area (Å²) in [6.07, 6.45) is 7.32. The molecule has 0 aromatic carbocycles. The number of nitrogens with zero attached hydrogens (tertiary/aromatic N) is 2. The molecular formula is C15H23N3O2. The van der Waals surface area contributed by atoms with Gasteiger partial charge < -0.3 is 14.8 Å². The van der Waals surface area contributed by atoms with Gasteiger partial charge in [-0.3, -0.25) is 9.59 Å². The van der Waals surface area contributed by atoms with Gasteiger partial charge in [-0.05, 0) is 12.8 Å². The molecule has 0 atom stereocenters. The minimum absolute atomic E-state index is 0.0443. The number of nitrogens with one attached hydrogen (secondary N) is 1. The van der Waals surface area contributed by atoms with E-state index in [1.165, 1.54) is 0 Å². The van der Waals surface area contributed by atoms with E-state index in [-0.39, 0.29) is 11.3 Å². The third-order valence-electron chi connectivity index (χ3n) is 3.64. The van der Waals surface area contributed by atoms with Crippen LogP contribution in [0.3, 0.4) is 0 Å². The second-order valence-corrected chi connectivity index (χ2v) is 5.21. The molecule has 20 heavy (non-hydrogen) atoms. The third kappa shape index (κ3) is 4.81. The summed E-state index contributed by atoms with van der Waals surface area (Å²) in [5.74, 6) is 0.287. The fourth-order valence-electron chi connectivity index (χ4n) is 2.41. The Labute approximate surface area is 119 Å². The van der Waals surface area contributed by atoms with Crippen LogP contribution in [0.5, 0.6) is 0 Å². The van der Waals surface area contributed by atoms with E-state index in [9.17, 15) is 9.59 Å². The fourth-order valence-corrected chi connectivity index (χ4v) is 2.41. The average Bonchev–Trinajstić information content (AvgIpc) is 2.49. The summed E-state index contributed by atoms with van der Waals surface area (Å²) in [6.45, 7) is 4.42. The van der Waals surface area contributed by atoms with E-state index in [0.717, 1.165) is 52.0 Å². The van der Waals surface area contributed by atoms with Gasteiger partial charge in [-0.25, -0.2) is 0 Å². The molecular weight excluding hydrogens is 254 g/mol. The van der Waals surface area contributed by atoms with E-state index in [1.807, 2.05) is 21.9 Å². The predicted molar refractivity (Wildman–Crippen MR) is 78.6 cm³/mol. The maximum Gasteiger partial charge on any atom is 0.222 e. The van der Waals surface area contributed by atoms with Gasteiger partial charge in [-0.15, -0.1) is 0 Å². The molecule has 1 N–H and O–H groups in total. The maximum absolute atomic E-state index is 11.9. The van der Waals surface area contributed by atoms with E-state index in [4.69, 9.17) is 0 Å². The number of carbonyl (C=O) groups is 1. The Hall–Kier alpha value is -1.62. The minimum Gasteiger partial charge on any atom is -0.354 e. The molecule has 110 valence electrons. The first-order valence-corrected chi connectivity index (χ1v) is 7.40. The molecule has 0 saturated carbocycles. The summed E-state index contributed by atoms with van der Waals surface area (Å²) >= 11 is 0. The summed E-state index contributed by atoms with van der Waals surface area (Å²) < 4.78 is 2.01. The Morgan fingerprint density at radius 3 is 2.50 bits per heavy atom. The Bertz CT molecular complexity index is 458. The summed E-state index contributed by atoms with van der Waals surface area (Å²) in [6, 6.07) is 3.15. The standard InChI is InChI=1S/C15H23N3O2/c19-14-5-10-17(11-6-14)9-3-1-2-4-15(20)18-12-7-16-8-13-18/h5-6,10-11,16H,1-4,7-9,12-13H2. The van der Waals surface area contributed by atoms with E-state index >= 15 is 0 Å². The smallest absolute Gasteiger partial charge is 0.222 e. The number of amides is 1. The Balaban J connectivity index is 1.58. The lowest BCUT2D eigenvalue weighted by molar-refractivity contribution is -0.131. The molecule has 2 rings (SSSR count). The molecule has 0 unspecified atom stereocenters. The molecule has 5 heteroatoms. The number of hydrogen-bond donors (Lipinski definition) is 1. The lowest BCUT2D eigenvalue weighted by Gasteiger charge is -2.27. The van der Waals surface area contributed by atoms with Gasteiger partial charge in [0.15, 0.2) is 5.43 Å². The SMILES string of the molecule is O=C(CCCCCn1ccc(=O)cc1)N1CCNCC1. The number of carbonyl (C=O) groups excluding carboxylic acids is 1. The quantitative estimate of drug-likeness (QED) is 0.784. The van der Waals surface area contributed by atoms with Gasteiger partial charge in [0.1, 0.15) is 0 Å². The molecule has 0 aliphatic carbocycles. The van der Waals surface area contributed by atoms with Gasteiger partial charge in [0, 0.05) is 63.7 Å². The number of piperazine rings is 1. The number of aromatic nitrogens is 1. The Morgan fingerprint density at radius 1 is 1.10 bits per heavy atom. The molecule has 1 aromatic rings. The van der Waals surface area contributed by atoms with Gasteiger partial charge in [0.25, 0.3) is 0 Å². The molecule has 0 bridgehead atoms. The third-order valence-corrected chi connectivity index (χ3v) is 3.64. The fraction of sp³-hybridized carbons (Fsp3) is 0.600. The van der Waals surface area contributed by atoms with E-state index < -0.39 is 0 Å². The van der Waals surface area contributed by atoms with Crippen molar-refractivity contribution in [2.45, 2.75) is 32.2 Å². The van der Waals surface area contributed by atoms with Crippen molar-refractivity contribution in [1.29, 1.82) is 0 Å². The van der Waals surface area contributed by atoms with E-state index in [0.29, 0.717) is 6.42 Å². The molecule has 0 spiro atoms. The van der Waals surface area contributed by atoms with Crippen LogP contribution >= 0.6 is 0 Å². The normalized spacial score (nSPS) is 15.3. The summed E-state index contributed by atoms with van der Waals surface area (Å²) in [5, 5.41) is 3.25. The van der Waals surface area contributed by atoms with Crippen LogP contribution in [0, 0.1) is 0 Å². The number of pyridine rings is 1. The minimum atomic E-state index is 0.0443. The second-order valence-electron chi connectivity index (χ2n) is 5.21. The van der Waals surface area contributed by atoms with E-state index in [2.05, 4.69) is 5.32 Å². The molecule has 1 saturated heterocycles. The molecule has 0 radical (unpaired) electrons. The van der Waals surface area contributed by atoms with Crippen molar-refractivity contribution in [2.24, 2.45) is 0 Å². The van der Waals surface area contributed by atoms with Crippen LogP contribution in [-0.4, -0.2) is 41.6 Å². The molecule has 1 amide bonds. The van der Waals surface area contributed by atoms with Crippen LogP contribution in [0.25, 0.3) is 0 Å². The topological polar surface area (TPSA) is 54.3 Å². The summed E-state index contributed by atoms with van der Waals surface area (Å²) in [5.41, 5.74) is 0.0443. The van der Waals surface area contributed by atoms with Crippen molar-refractivity contribution in [3.63, 3.8) is 0 Å². The molecule has 1 aliphatic rings. The van der Waals surface area contributed by atoms with Gasteiger partial charge in [0.05, 0.1) is 0 Å². The van der Waals surface area contributed by atoms with Crippen molar-refractivity contribution in [1.82, 2.24) is 14.8 Å². The van der Waals surface area contributed by atoms with Crippen LogP contribution in [0.2, 0.25) is 0 Å². The first-order chi connectivity index (χ1) is 9.75. The Kier molecular flexibility index (Phi) is 5.80. The van der Waals surface area contributed by atoms with Gasteiger partial charge in [0.2, 0.25) is 5.91 Å². The van der Waals surface area contributed by atoms with Crippen molar-refractivity contribution in [3.8, 4) is 0 Å². The Morgan fingerprint density at radius 2 is 1.80 bits per heavy atom. The van der Waals surface area contributed by atoms with E-state index in [1.54, 1.807) is 12.1 Å². The van der Waals surface area contributed by atoms with Crippen LogP contribution in [0.15, 0.2) is 29.3 Å². The first-order valence-electron chi connectivity index (χ1n) is 7.40. The lowest BCUT2D eigenvalue weighted by Crippen LogP contribution is -2.46. The zero-order valence-corrected chi connectivity index (χ0v) is 11.9. The molecule has 1 fully saturated rings. The van der Waals surface area contributed by atoms with Crippen molar-refractivity contribution >= 4 is 5.91 Å². The van der Waals surface area contributed by atoms with Crippen LogP contribution in [-0.2, 0) is 11.3 Å². The van der Waals surface area contributed by atoms with Crippen LogP contribution in [0.1, 0.15) is 25.7 Å². The maximum atomic E-state index is 11.9. The highest BCUT2D eigenvalue weighted by atomic mass is 16.2. The van der Waals surface area contributed by atoms with Crippen molar-refractivity contribution in [2.75, 3.05) is 26.2 Å². The second kappa shape index (κ2) is 7.85. The van der Waals surface area contributed by atoms with Crippen LogP contribution in [0.4, 0.5) is 0 Å².